The lowest BCUT2D eigenvalue weighted by atomic mass is 10.2. The van der Waals surface area contributed by atoms with E-state index in [1.807, 2.05) is 0 Å². The molecule has 0 atom stereocenters. The molecule has 6 nitrogen and oxygen atoms in total. The molecule has 0 amide bonds. The normalized spacial score (nSPS) is 13.3. The Kier molecular flexibility index (Phi) is 4.41. The zero-order chi connectivity index (χ0) is 16.6. The molecule has 0 saturated carbocycles. The summed E-state index contributed by atoms with van der Waals surface area (Å²) in [6.07, 6.45) is -10.8. The van der Waals surface area contributed by atoms with E-state index in [-0.39, 0.29) is 0 Å². The van der Waals surface area contributed by atoms with E-state index in [9.17, 15) is 34.8 Å². The van der Waals surface area contributed by atoms with E-state index in [1.165, 1.54) is 0 Å². The van der Waals surface area contributed by atoms with Gasteiger partial charge >= 0.3 is 12.5 Å². The van der Waals surface area contributed by atoms with E-state index < -0.39 is 51.1 Å². The number of primary sulfonamides is 1. The average molecular weight is 339 g/mol. The Morgan fingerprint density at radius 3 is 2.05 bits per heavy atom. The SMILES string of the molecule is NCc1cc(OC(F)(F)F)c(S(N)(=O)=O)c(C(F)(F)F)n1. The summed E-state index contributed by atoms with van der Waals surface area (Å²) in [7, 11) is -5.19. The van der Waals surface area contributed by atoms with Crippen molar-refractivity contribution in [3.8, 4) is 5.75 Å². The highest BCUT2D eigenvalue weighted by Crippen LogP contribution is 2.39. The highest BCUT2D eigenvalue weighted by atomic mass is 32.2. The lowest BCUT2D eigenvalue weighted by molar-refractivity contribution is -0.275. The molecule has 0 radical (unpaired) electrons. The van der Waals surface area contributed by atoms with Crippen molar-refractivity contribution >= 4 is 10.0 Å². The number of ether oxygens (including phenoxy) is 1. The Balaban J connectivity index is 3.76. The standard InChI is InChI=1S/C8H7F6N3O3S/c9-7(10,11)6-5(21(16,18)19)4(20-8(12,13)14)1-3(2-15)17-6/h1H,2,15H2,(H2,16,18,19). The van der Waals surface area contributed by atoms with Crippen LogP contribution in [0.5, 0.6) is 5.75 Å². The van der Waals surface area contributed by atoms with E-state index in [2.05, 4.69) is 14.9 Å². The summed E-state index contributed by atoms with van der Waals surface area (Å²) < 4.78 is 100. The Labute approximate surface area is 113 Å². The molecule has 1 aromatic rings. The lowest BCUT2D eigenvalue weighted by Gasteiger charge is -2.17. The smallest absolute Gasteiger partial charge is 0.404 e. The van der Waals surface area contributed by atoms with Crippen molar-refractivity contribution in [2.24, 2.45) is 10.9 Å². The van der Waals surface area contributed by atoms with E-state index >= 15 is 0 Å². The van der Waals surface area contributed by atoms with Crippen LogP contribution in [0.25, 0.3) is 0 Å². The number of nitrogens with zero attached hydrogens (tertiary/aromatic N) is 1. The first-order valence-electron chi connectivity index (χ1n) is 4.85. The Hall–Kier alpha value is -1.60. The Morgan fingerprint density at radius 2 is 1.71 bits per heavy atom. The van der Waals surface area contributed by atoms with Crippen molar-refractivity contribution < 1.29 is 39.5 Å². The van der Waals surface area contributed by atoms with Gasteiger partial charge in [-0.15, -0.1) is 13.2 Å². The fourth-order valence-electron chi connectivity index (χ4n) is 1.33. The topological polar surface area (TPSA) is 108 Å². The number of pyridine rings is 1. The molecular weight excluding hydrogens is 332 g/mol. The molecule has 0 aromatic carbocycles. The van der Waals surface area contributed by atoms with Crippen LogP contribution < -0.4 is 15.6 Å². The van der Waals surface area contributed by atoms with E-state index in [0.29, 0.717) is 6.07 Å². The summed E-state index contributed by atoms with van der Waals surface area (Å²) in [5.74, 6) is -1.65. The third kappa shape index (κ3) is 4.44. The van der Waals surface area contributed by atoms with Crippen LogP contribution in [0.15, 0.2) is 11.0 Å². The second-order valence-electron chi connectivity index (χ2n) is 3.58. The van der Waals surface area contributed by atoms with E-state index in [0.717, 1.165) is 0 Å². The monoisotopic (exact) mass is 339 g/mol. The molecule has 1 rings (SSSR count). The zero-order valence-corrected chi connectivity index (χ0v) is 10.6. The maximum absolute atomic E-state index is 12.7. The van der Waals surface area contributed by atoms with Crippen LogP contribution >= 0.6 is 0 Å². The molecule has 0 aliphatic carbocycles. The quantitative estimate of drug-likeness (QED) is 0.802. The van der Waals surface area contributed by atoms with Gasteiger partial charge in [0.25, 0.3) is 0 Å². The van der Waals surface area contributed by atoms with Gasteiger partial charge in [-0.05, 0) is 0 Å². The van der Waals surface area contributed by atoms with Gasteiger partial charge in [0, 0.05) is 12.6 Å². The maximum atomic E-state index is 12.7. The van der Waals surface area contributed by atoms with Gasteiger partial charge in [0.05, 0.1) is 5.69 Å². The van der Waals surface area contributed by atoms with Gasteiger partial charge in [-0.3, -0.25) is 0 Å². The number of aromatic nitrogens is 1. The first-order valence-corrected chi connectivity index (χ1v) is 6.40. The molecule has 120 valence electrons. The second kappa shape index (κ2) is 5.31. The molecule has 0 spiro atoms. The van der Waals surface area contributed by atoms with Crippen LogP contribution in [0, 0.1) is 0 Å². The third-order valence-electron chi connectivity index (χ3n) is 1.98. The molecular formula is C8H7F6N3O3S. The number of halogens is 6. The van der Waals surface area contributed by atoms with Crippen molar-refractivity contribution in [2.45, 2.75) is 24.0 Å². The van der Waals surface area contributed by atoms with Crippen LogP contribution in [0.2, 0.25) is 0 Å². The molecule has 21 heavy (non-hydrogen) atoms. The van der Waals surface area contributed by atoms with Crippen molar-refractivity contribution in [3.05, 3.63) is 17.5 Å². The predicted molar refractivity (Wildman–Crippen MR) is 55.2 cm³/mol. The maximum Gasteiger partial charge on any atom is 0.573 e. The minimum Gasteiger partial charge on any atom is -0.404 e. The Morgan fingerprint density at radius 1 is 1.19 bits per heavy atom. The number of nitrogens with two attached hydrogens (primary N) is 2. The van der Waals surface area contributed by atoms with Gasteiger partial charge < -0.3 is 10.5 Å². The summed E-state index contributed by atoms with van der Waals surface area (Å²) in [4.78, 5) is 0.951. The summed E-state index contributed by atoms with van der Waals surface area (Å²) >= 11 is 0. The molecule has 0 bridgehead atoms. The van der Waals surface area contributed by atoms with Crippen LogP contribution in [0.4, 0.5) is 26.3 Å². The summed E-state index contributed by atoms with van der Waals surface area (Å²) in [6.45, 7) is -0.678. The minimum atomic E-state index is -5.43. The molecule has 1 heterocycles. The summed E-state index contributed by atoms with van der Waals surface area (Å²) in [5, 5.41) is 4.52. The van der Waals surface area contributed by atoms with Gasteiger partial charge in [-0.1, -0.05) is 0 Å². The first kappa shape index (κ1) is 17.5. The van der Waals surface area contributed by atoms with Crippen LogP contribution in [-0.4, -0.2) is 19.8 Å². The number of rotatable bonds is 3. The molecule has 0 unspecified atom stereocenters. The summed E-state index contributed by atoms with van der Waals surface area (Å²) in [6, 6.07) is 0.322. The molecule has 13 heteroatoms. The minimum absolute atomic E-state index is 0.322. The molecule has 4 N–H and O–H groups in total. The number of sulfonamides is 1. The van der Waals surface area contributed by atoms with Gasteiger partial charge in [-0.2, -0.15) is 13.2 Å². The van der Waals surface area contributed by atoms with Crippen LogP contribution in [0.3, 0.4) is 0 Å². The van der Waals surface area contributed by atoms with Gasteiger partial charge in [0.1, 0.15) is 0 Å². The van der Waals surface area contributed by atoms with Crippen molar-refractivity contribution in [3.63, 3.8) is 0 Å². The fraction of sp³-hybridized carbons (Fsp3) is 0.375. The Bertz CT molecular complexity index is 640. The molecule has 1 aromatic heterocycles. The van der Waals surface area contributed by atoms with E-state index in [1.54, 1.807) is 0 Å². The lowest BCUT2D eigenvalue weighted by Crippen LogP contribution is -2.26. The molecule has 0 saturated heterocycles. The van der Waals surface area contributed by atoms with Crippen LogP contribution in [-0.2, 0) is 22.7 Å². The predicted octanol–water partition coefficient (Wildman–Crippen LogP) is 1.11. The van der Waals surface area contributed by atoms with E-state index in [4.69, 9.17) is 5.73 Å². The molecule has 0 fully saturated rings. The van der Waals surface area contributed by atoms with Crippen LogP contribution in [0.1, 0.15) is 11.4 Å². The van der Waals surface area contributed by atoms with Crippen molar-refractivity contribution in [1.82, 2.24) is 4.98 Å². The zero-order valence-electron chi connectivity index (χ0n) is 9.79. The molecule has 0 aliphatic rings. The van der Waals surface area contributed by atoms with Gasteiger partial charge in [0.15, 0.2) is 16.3 Å². The van der Waals surface area contributed by atoms with Gasteiger partial charge in [-0.25, -0.2) is 18.5 Å². The molecule has 0 aliphatic heterocycles. The first-order chi connectivity index (χ1) is 9.25. The average Bonchev–Trinajstić information content (AvgIpc) is 2.22. The number of hydrogen-bond donors (Lipinski definition) is 2. The highest BCUT2D eigenvalue weighted by molar-refractivity contribution is 7.89. The third-order valence-corrected chi connectivity index (χ3v) is 2.94. The van der Waals surface area contributed by atoms with Crippen molar-refractivity contribution in [2.75, 3.05) is 0 Å². The summed E-state index contributed by atoms with van der Waals surface area (Å²) in [5.41, 5.74) is 2.22. The number of alkyl halides is 6. The fourth-order valence-corrected chi connectivity index (χ4v) is 2.14. The highest BCUT2D eigenvalue weighted by Gasteiger charge is 2.43. The second-order valence-corrected chi connectivity index (χ2v) is 5.08. The van der Waals surface area contributed by atoms with Crippen molar-refractivity contribution in [1.29, 1.82) is 0 Å². The van der Waals surface area contributed by atoms with Gasteiger partial charge in [0.2, 0.25) is 10.0 Å². The largest absolute Gasteiger partial charge is 0.573 e. The number of hydrogen-bond acceptors (Lipinski definition) is 5.